The van der Waals surface area contributed by atoms with E-state index >= 15 is 0 Å². The largest absolute Gasteiger partial charge is 0.462 e. The minimum absolute atomic E-state index is 0.422. The number of allylic oxidation sites excluding steroid dienone is 1. The maximum absolute atomic E-state index is 10.8. The lowest BCUT2D eigenvalue weighted by atomic mass is 10.4. The summed E-state index contributed by atoms with van der Waals surface area (Å²) in [4.78, 5) is 20.6. The van der Waals surface area contributed by atoms with Crippen molar-refractivity contribution in [2.24, 2.45) is 0 Å². The zero-order chi connectivity index (χ0) is 9.94. The van der Waals surface area contributed by atoms with Crippen molar-refractivity contribution in [1.29, 1.82) is 0 Å². The lowest BCUT2D eigenvalue weighted by Crippen LogP contribution is -2.00. The molecule has 3 nitrogen and oxygen atoms in total. The molecule has 0 saturated heterocycles. The molecular formula is C10H12O3. The summed E-state index contributed by atoms with van der Waals surface area (Å²) in [6.07, 6.45) is 4.63. The zero-order valence-corrected chi connectivity index (χ0v) is 7.58. The van der Waals surface area contributed by atoms with Crippen LogP contribution in [0.1, 0.15) is 19.8 Å². The van der Waals surface area contributed by atoms with Gasteiger partial charge in [0.15, 0.2) is 6.29 Å². The molecule has 13 heavy (non-hydrogen) atoms. The third kappa shape index (κ3) is 8.35. The Morgan fingerprint density at radius 1 is 1.46 bits per heavy atom. The lowest BCUT2D eigenvalue weighted by Gasteiger charge is -1.96. The van der Waals surface area contributed by atoms with E-state index in [1.807, 2.05) is 6.92 Å². The molecule has 0 heterocycles. The van der Waals surface area contributed by atoms with E-state index in [9.17, 15) is 9.59 Å². The van der Waals surface area contributed by atoms with E-state index in [2.05, 4.69) is 11.5 Å². The van der Waals surface area contributed by atoms with Gasteiger partial charge in [-0.3, -0.25) is 4.79 Å². The van der Waals surface area contributed by atoms with E-state index in [4.69, 9.17) is 4.74 Å². The second kappa shape index (κ2) is 8.54. The van der Waals surface area contributed by atoms with Crippen LogP contribution in [-0.4, -0.2) is 18.9 Å². The molecule has 0 rings (SSSR count). The normalized spacial score (nSPS) is 7.77. The summed E-state index contributed by atoms with van der Waals surface area (Å²) in [7, 11) is 0. The highest BCUT2D eigenvalue weighted by molar-refractivity contribution is 5.81. The Morgan fingerprint density at radius 3 is 2.85 bits per heavy atom. The number of rotatable bonds is 5. The minimum atomic E-state index is -0.458. The Kier molecular flexibility index (Phi) is 7.51. The fraction of sp³-hybridized carbons (Fsp3) is 0.400. The highest BCUT2D eigenvalue weighted by Gasteiger charge is 1.93. The summed E-state index contributed by atoms with van der Waals surface area (Å²) < 4.78 is 4.76. The van der Waals surface area contributed by atoms with Gasteiger partial charge in [-0.15, -0.1) is 0 Å². The molecule has 0 aliphatic heterocycles. The summed E-state index contributed by atoms with van der Waals surface area (Å²) in [6, 6.07) is 0. The predicted molar refractivity (Wildman–Crippen MR) is 48.1 cm³/mol. The second-order valence-corrected chi connectivity index (χ2v) is 2.26. The average Bonchev–Trinajstić information content (AvgIpc) is 2.13. The highest BCUT2D eigenvalue weighted by Crippen LogP contribution is 1.88. The molecule has 0 saturated carbocycles. The maximum atomic E-state index is 10.8. The van der Waals surface area contributed by atoms with Crippen molar-refractivity contribution in [3.05, 3.63) is 23.6 Å². The Hall–Kier alpha value is -1.56. The first kappa shape index (κ1) is 11.4. The molecule has 0 radical (unpaired) electrons. The molecule has 0 unspecified atom stereocenters. The van der Waals surface area contributed by atoms with Crippen molar-refractivity contribution in [2.75, 3.05) is 6.61 Å². The SMILES string of the molecule is CCCCOC(=O)C=C=C=CC=O. The molecule has 0 aromatic heterocycles. The van der Waals surface area contributed by atoms with Crippen LogP contribution in [-0.2, 0) is 14.3 Å². The molecule has 0 atom stereocenters. The van der Waals surface area contributed by atoms with Gasteiger partial charge in [0.05, 0.1) is 12.7 Å². The van der Waals surface area contributed by atoms with Crippen molar-refractivity contribution in [1.82, 2.24) is 0 Å². The first-order valence-electron chi connectivity index (χ1n) is 4.09. The van der Waals surface area contributed by atoms with Crippen LogP contribution in [0.15, 0.2) is 23.6 Å². The quantitative estimate of drug-likeness (QED) is 0.211. The van der Waals surface area contributed by atoms with Gasteiger partial charge in [-0.2, -0.15) is 0 Å². The van der Waals surface area contributed by atoms with E-state index in [1.54, 1.807) is 0 Å². The van der Waals surface area contributed by atoms with Crippen molar-refractivity contribution in [3.8, 4) is 0 Å². The molecule has 0 amide bonds. The number of hydrogen-bond donors (Lipinski definition) is 0. The number of ether oxygens (including phenoxy) is 1. The number of carbonyl (C=O) groups is 2. The van der Waals surface area contributed by atoms with Gasteiger partial charge in [0.1, 0.15) is 0 Å². The standard InChI is InChI=1S/C10H12O3/c1-2-3-9-13-10(12)7-5-4-6-8-11/h6-8H,2-3,9H2,1H3. The van der Waals surface area contributed by atoms with Crippen LogP contribution in [0.25, 0.3) is 0 Å². The number of carbonyl (C=O) groups excluding carboxylic acids is 2. The van der Waals surface area contributed by atoms with Gasteiger partial charge < -0.3 is 4.74 Å². The fourth-order valence-electron chi connectivity index (χ4n) is 0.541. The number of aldehydes is 1. The fourth-order valence-corrected chi connectivity index (χ4v) is 0.541. The molecular weight excluding hydrogens is 168 g/mol. The summed E-state index contributed by atoms with van der Waals surface area (Å²) in [5.41, 5.74) is 4.73. The van der Waals surface area contributed by atoms with Gasteiger partial charge in [0, 0.05) is 6.08 Å². The molecule has 3 heteroatoms. The van der Waals surface area contributed by atoms with Crippen LogP contribution < -0.4 is 0 Å². The third-order valence-corrected chi connectivity index (χ3v) is 1.17. The molecule has 0 N–H and O–H groups in total. The van der Waals surface area contributed by atoms with Gasteiger partial charge in [0.25, 0.3) is 0 Å². The van der Waals surface area contributed by atoms with Gasteiger partial charge >= 0.3 is 5.97 Å². The highest BCUT2D eigenvalue weighted by atomic mass is 16.5. The van der Waals surface area contributed by atoms with Crippen LogP contribution in [0.3, 0.4) is 0 Å². The monoisotopic (exact) mass is 180 g/mol. The molecule has 0 spiro atoms. The van der Waals surface area contributed by atoms with Crippen LogP contribution in [0.5, 0.6) is 0 Å². The Bertz CT molecular complexity index is 253. The second-order valence-electron chi connectivity index (χ2n) is 2.26. The van der Waals surface area contributed by atoms with Crippen molar-refractivity contribution >= 4 is 12.3 Å². The van der Waals surface area contributed by atoms with E-state index in [1.165, 1.54) is 0 Å². The number of unbranched alkanes of at least 4 members (excludes halogenated alkanes) is 1. The summed E-state index contributed by atoms with van der Waals surface area (Å²) in [6.45, 7) is 2.43. The molecule has 0 aromatic carbocycles. The first-order valence-corrected chi connectivity index (χ1v) is 4.09. The average molecular weight is 180 g/mol. The first-order chi connectivity index (χ1) is 6.31. The van der Waals surface area contributed by atoms with Gasteiger partial charge in [0.2, 0.25) is 0 Å². The smallest absolute Gasteiger partial charge is 0.339 e. The van der Waals surface area contributed by atoms with Crippen LogP contribution in [0.4, 0.5) is 0 Å². The van der Waals surface area contributed by atoms with Gasteiger partial charge in [-0.05, 0) is 6.42 Å². The van der Waals surface area contributed by atoms with Crippen LogP contribution in [0.2, 0.25) is 0 Å². The summed E-state index contributed by atoms with van der Waals surface area (Å²) >= 11 is 0. The zero-order valence-electron chi connectivity index (χ0n) is 7.58. The van der Waals surface area contributed by atoms with Crippen molar-refractivity contribution < 1.29 is 14.3 Å². The molecule has 0 fully saturated rings. The van der Waals surface area contributed by atoms with E-state index in [0.717, 1.165) is 25.0 Å². The molecule has 0 aromatic rings. The van der Waals surface area contributed by atoms with Gasteiger partial charge in [-0.25, -0.2) is 4.79 Å². The maximum Gasteiger partial charge on any atom is 0.339 e. The van der Waals surface area contributed by atoms with E-state index in [0.29, 0.717) is 12.9 Å². The summed E-state index contributed by atoms with van der Waals surface area (Å²) in [5, 5.41) is 0. The number of esters is 1. The molecule has 0 aliphatic carbocycles. The van der Waals surface area contributed by atoms with Gasteiger partial charge in [-0.1, -0.05) is 24.8 Å². The topological polar surface area (TPSA) is 43.4 Å². The summed E-state index contributed by atoms with van der Waals surface area (Å²) in [5.74, 6) is -0.458. The Balaban J connectivity index is 3.80. The van der Waals surface area contributed by atoms with E-state index < -0.39 is 5.97 Å². The molecule has 0 aliphatic rings. The van der Waals surface area contributed by atoms with Crippen LogP contribution >= 0.6 is 0 Å². The molecule has 70 valence electrons. The van der Waals surface area contributed by atoms with E-state index in [-0.39, 0.29) is 0 Å². The predicted octanol–water partition coefficient (Wildman–Crippen LogP) is 1.40. The third-order valence-electron chi connectivity index (χ3n) is 1.17. The van der Waals surface area contributed by atoms with Crippen molar-refractivity contribution in [3.63, 3.8) is 0 Å². The number of hydrogen-bond acceptors (Lipinski definition) is 3. The Labute approximate surface area is 77.4 Å². The molecule has 0 bridgehead atoms. The minimum Gasteiger partial charge on any atom is -0.462 e. The lowest BCUT2D eigenvalue weighted by molar-refractivity contribution is -0.137. The Morgan fingerprint density at radius 2 is 2.23 bits per heavy atom. The van der Waals surface area contributed by atoms with Crippen molar-refractivity contribution in [2.45, 2.75) is 19.8 Å². The van der Waals surface area contributed by atoms with Crippen LogP contribution in [0, 0.1) is 0 Å².